The minimum Gasteiger partial charge on any atom is -0.455 e. The molecule has 0 N–H and O–H groups in total. The van der Waals surface area contributed by atoms with Crippen LogP contribution in [-0.2, 0) is 0 Å². The van der Waals surface area contributed by atoms with Gasteiger partial charge in [0.1, 0.15) is 11.5 Å². The van der Waals surface area contributed by atoms with E-state index in [0.717, 1.165) is 54.2 Å². The van der Waals surface area contributed by atoms with E-state index in [9.17, 15) is 5.48 Å². The number of aromatic nitrogens is 2. The zero-order chi connectivity index (χ0) is 42.7. The van der Waals surface area contributed by atoms with E-state index in [-0.39, 0.29) is 46.1 Å². The molecule has 0 saturated heterocycles. The smallest absolute Gasteiger partial charge is 0.143 e. The molecule has 0 fully saturated rings. The van der Waals surface area contributed by atoms with Crippen molar-refractivity contribution in [3.8, 4) is 56.2 Å². The van der Waals surface area contributed by atoms with Gasteiger partial charge in [0.2, 0.25) is 0 Å². The molecule has 12 rings (SSSR count). The summed E-state index contributed by atoms with van der Waals surface area (Å²) in [6, 6.07) is 47.8. The lowest BCUT2D eigenvalue weighted by molar-refractivity contribution is 0.599. The second-order valence-corrected chi connectivity index (χ2v) is 14.4. The van der Waals surface area contributed by atoms with Crippen LogP contribution in [0.25, 0.3) is 121 Å². The largest absolute Gasteiger partial charge is 0.455 e. The van der Waals surface area contributed by atoms with Gasteiger partial charge in [-0.15, -0.1) is 0 Å². The maximum absolute atomic E-state index is 10.1. The lowest BCUT2D eigenvalue weighted by atomic mass is 9.86. The highest BCUT2D eigenvalue weighted by Crippen LogP contribution is 2.52. The Hall–Kier alpha value is -7.62. The van der Waals surface area contributed by atoms with E-state index in [1.165, 1.54) is 0 Å². The molecule has 0 radical (unpaired) electrons. The molecule has 0 bridgehead atoms. The molecule has 0 aliphatic carbocycles. The molecule has 0 amide bonds. The fourth-order valence-corrected chi connectivity index (χ4v) is 8.65. The van der Waals surface area contributed by atoms with Crippen molar-refractivity contribution in [3.63, 3.8) is 0 Å². The van der Waals surface area contributed by atoms with Gasteiger partial charge >= 0.3 is 0 Å². The van der Waals surface area contributed by atoms with Crippen LogP contribution in [-0.4, -0.2) is 9.97 Å². The highest BCUT2D eigenvalue weighted by atomic mass is 16.3. The summed E-state index contributed by atoms with van der Waals surface area (Å²) in [6.07, 6.45) is 1.70. The number of hydrogen-bond acceptors (Lipinski definition) is 3. The van der Waals surface area contributed by atoms with E-state index >= 15 is 0 Å². The Labute approximate surface area is 336 Å². The summed E-state index contributed by atoms with van der Waals surface area (Å²) in [7, 11) is 0. The van der Waals surface area contributed by atoms with Crippen LogP contribution in [0.1, 0.15) is 8.22 Å². The third kappa shape index (κ3) is 4.86. The summed E-state index contributed by atoms with van der Waals surface area (Å²) in [6.45, 7) is 0. The minimum atomic E-state index is -0.448. The van der Waals surface area contributed by atoms with Gasteiger partial charge in [-0.25, -0.2) is 4.98 Å². The maximum atomic E-state index is 10.1. The predicted molar refractivity (Wildman–Crippen MR) is 238 cm³/mol. The number of benzene rings is 9. The number of furan rings is 1. The fraction of sp³-hybridized carbons (Fsp3) is 0. The molecule has 57 heavy (non-hydrogen) atoms. The van der Waals surface area contributed by atoms with Gasteiger partial charge in [-0.05, 0) is 72.4 Å². The van der Waals surface area contributed by atoms with Gasteiger partial charge in [-0.1, -0.05) is 170 Å². The van der Waals surface area contributed by atoms with Crippen LogP contribution in [0.5, 0.6) is 0 Å². The second-order valence-electron chi connectivity index (χ2n) is 14.4. The van der Waals surface area contributed by atoms with Crippen LogP contribution in [0.3, 0.4) is 0 Å². The van der Waals surface area contributed by atoms with Crippen LogP contribution in [0.2, 0.25) is 0 Å². The van der Waals surface area contributed by atoms with E-state index in [0.29, 0.717) is 44.9 Å². The van der Waals surface area contributed by atoms with Crippen molar-refractivity contribution >= 4 is 64.9 Å². The van der Waals surface area contributed by atoms with Gasteiger partial charge in [-0.3, -0.25) is 4.98 Å². The third-order valence-corrected chi connectivity index (χ3v) is 11.2. The summed E-state index contributed by atoms with van der Waals surface area (Å²) in [5.41, 5.74) is 5.25. The number of pyridine rings is 2. The van der Waals surface area contributed by atoms with Crippen molar-refractivity contribution in [2.24, 2.45) is 0 Å². The van der Waals surface area contributed by atoms with Crippen molar-refractivity contribution in [2.45, 2.75) is 0 Å². The quantitative estimate of drug-likeness (QED) is 0.166. The molecule has 0 unspecified atom stereocenters. The molecule has 0 aliphatic rings. The van der Waals surface area contributed by atoms with E-state index in [2.05, 4.69) is 59.6 Å². The van der Waals surface area contributed by atoms with Crippen molar-refractivity contribution in [2.75, 3.05) is 0 Å². The van der Waals surface area contributed by atoms with Gasteiger partial charge in [0.25, 0.3) is 0 Å². The van der Waals surface area contributed by atoms with Crippen molar-refractivity contribution in [1.82, 2.24) is 9.97 Å². The van der Waals surface area contributed by atoms with Crippen LogP contribution in [0.15, 0.2) is 199 Å². The van der Waals surface area contributed by atoms with Gasteiger partial charge in [0.15, 0.2) is 0 Å². The molecule has 0 spiro atoms. The highest BCUT2D eigenvalue weighted by Gasteiger charge is 2.28. The number of rotatable bonds is 5. The Bertz CT molecular complexity index is 3850. The van der Waals surface area contributed by atoms with E-state index < -0.39 is 12.1 Å². The molecule has 0 aliphatic heterocycles. The molecule has 3 aromatic heterocycles. The molecule has 12 aromatic rings. The van der Waals surface area contributed by atoms with Crippen LogP contribution in [0, 0.1) is 0 Å². The van der Waals surface area contributed by atoms with Gasteiger partial charge in [0, 0.05) is 44.8 Å². The monoisotopic (exact) mass is 730 g/mol. The van der Waals surface area contributed by atoms with E-state index in [1.807, 2.05) is 91.0 Å². The van der Waals surface area contributed by atoms with Crippen molar-refractivity contribution in [3.05, 3.63) is 194 Å². The standard InChI is InChI=1S/C54H32N2O/c1-3-11-33(12-4-1)49-50(43-30-29-42(40-18-7-8-19-41(40)43)46-31-26-38-23-22-37-17-10-32-55-51(37)52(38)56-46)53(39-13-5-2-6-14-39)57-54(49)45-28-25-36-21-20-34-15-9-16-35-24-27-44(45)48(36)47(34)35/h1-32H/i7D,8D,18D,19D,29D,30D. The number of fused-ring (bicyclic) bond motifs is 4. The highest BCUT2D eigenvalue weighted by molar-refractivity contribution is 6.26. The van der Waals surface area contributed by atoms with Crippen molar-refractivity contribution < 1.29 is 12.6 Å². The first-order valence-electron chi connectivity index (χ1n) is 21.9. The fourth-order valence-electron chi connectivity index (χ4n) is 8.65. The average Bonchev–Trinajstić information content (AvgIpc) is 3.72. The normalized spacial score (nSPS) is 13.3. The topological polar surface area (TPSA) is 38.9 Å². The first-order valence-corrected chi connectivity index (χ1v) is 18.9. The molecule has 264 valence electrons. The Balaban J connectivity index is 1.25. The maximum Gasteiger partial charge on any atom is 0.143 e. The molecule has 3 nitrogen and oxygen atoms in total. The molecule has 9 aromatic carbocycles. The lowest BCUT2D eigenvalue weighted by Gasteiger charge is -2.15. The average molecular weight is 731 g/mol. The van der Waals surface area contributed by atoms with E-state index in [4.69, 9.17) is 12.1 Å². The van der Waals surface area contributed by atoms with Gasteiger partial charge in [0.05, 0.1) is 25.0 Å². The molecule has 3 heteroatoms. The van der Waals surface area contributed by atoms with Crippen molar-refractivity contribution in [1.29, 1.82) is 0 Å². The third-order valence-electron chi connectivity index (χ3n) is 11.2. The Morgan fingerprint density at radius 1 is 0.404 bits per heavy atom. The molecular weight excluding hydrogens is 693 g/mol. The summed E-state index contributed by atoms with van der Waals surface area (Å²) < 4.78 is 64.3. The Morgan fingerprint density at radius 2 is 1.02 bits per heavy atom. The zero-order valence-corrected chi connectivity index (χ0v) is 30.3. The van der Waals surface area contributed by atoms with Crippen LogP contribution < -0.4 is 0 Å². The molecule has 0 atom stereocenters. The van der Waals surface area contributed by atoms with Crippen LogP contribution >= 0.6 is 0 Å². The number of nitrogens with zero attached hydrogens (tertiary/aromatic N) is 2. The molecular formula is C54H32N2O. The summed E-state index contributed by atoms with van der Waals surface area (Å²) >= 11 is 0. The zero-order valence-electron chi connectivity index (χ0n) is 36.3. The van der Waals surface area contributed by atoms with E-state index in [1.54, 1.807) is 12.3 Å². The number of hydrogen-bond donors (Lipinski definition) is 0. The first kappa shape index (κ1) is 26.2. The Morgan fingerprint density at radius 3 is 1.81 bits per heavy atom. The lowest BCUT2D eigenvalue weighted by Crippen LogP contribution is -1.92. The minimum absolute atomic E-state index is 0.0977. The van der Waals surface area contributed by atoms with Gasteiger partial charge < -0.3 is 4.42 Å². The first-order chi connectivity index (χ1) is 30.8. The second kappa shape index (κ2) is 12.5. The molecule has 3 heterocycles. The van der Waals surface area contributed by atoms with Crippen LogP contribution in [0.4, 0.5) is 0 Å². The Kier molecular flexibility index (Phi) is 5.73. The predicted octanol–water partition coefficient (Wildman–Crippen LogP) is 14.8. The summed E-state index contributed by atoms with van der Waals surface area (Å²) in [5, 5.41) is 8.49. The van der Waals surface area contributed by atoms with Gasteiger partial charge in [-0.2, -0.15) is 0 Å². The SMILES string of the molecule is [2H]c1c([2H])c([2H])c2c(-c3c(-c4ccccc4)oc(-c4ccc5ccc6cccc7ccc4c5c67)c3-c3ccccc3)c([2H])c([2H])c(-c3ccc4ccc5cccnc5c4n3)c2c1[2H]. The summed E-state index contributed by atoms with van der Waals surface area (Å²) in [5.74, 6) is 0.943. The summed E-state index contributed by atoms with van der Waals surface area (Å²) in [4.78, 5) is 9.68. The molecule has 0 saturated carbocycles.